The van der Waals surface area contributed by atoms with E-state index in [1.165, 1.54) is 0 Å². The molecule has 1 aliphatic rings. The van der Waals surface area contributed by atoms with E-state index in [1.807, 2.05) is 19.1 Å². The number of methoxy groups -OCH3 is 1. The third-order valence-corrected chi connectivity index (χ3v) is 2.88. The quantitative estimate of drug-likeness (QED) is 0.795. The van der Waals surface area contributed by atoms with Crippen LogP contribution in [0.1, 0.15) is 17.3 Å². The highest BCUT2D eigenvalue weighted by Gasteiger charge is 2.32. The summed E-state index contributed by atoms with van der Waals surface area (Å²) in [5.74, 6) is 0.635. The van der Waals surface area contributed by atoms with E-state index in [-0.39, 0.29) is 12.0 Å². The summed E-state index contributed by atoms with van der Waals surface area (Å²) in [4.78, 5) is 13.9. The maximum Gasteiger partial charge on any atom is 0.257 e. The molecule has 0 bridgehead atoms. The molecule has 4 heteroatoms. The molecular weight excluding hydrogens is 218 g/mol. The van der Waals surface area contributed by atoms with Gasteiger partial charge in [-0.15, -0.1) is 0 Å². The van der Waals surface area contributed by atoms with Gasteiger partial charge in [0.05, 0.1) is 18.8 Å². The Bertz CT molecular complexity index is 399. The summed E-state index contributed by atoms with van der Waals surface area (Å²) in [7, 11) is 1.57. The normalized spacial score (nSPS) is 15.5. The topological polar surface area (TPSA) is 38.8 Å². The van der Waals surface area contributed by atoms with Crippen LogP contribution in [0.4, 0.5) is 0 Å². The number of carbonyl (C=O) groups excluding carboxylic acids is 1. The van der Waals surface area contributed by atoms with E-state index in [9.17, 15) is 4.79 Å². The average Bonchev–Trinajstić information content (AvgIpc) is 2.32. The van der Waals surface area contributed by atoms with Crippen molar-refractivity contribution in [1.82, 2.24) is 4.90 Å². The van der Waals surface area contributed by atoms with Gasteiger partial charge in [0, 0.05) is 19.7 Å². The van der Waals surface area contributed by atoms with Gasteiger partial charge in [-0.2, -0.15) is 0 Å². The first-order valence-corrected chi connectivity index (χ1v) is 5.80. The predicted octanol–water partition coefficient (Wildman–Crippen LogP) is 1.56. The van der Waals surface area contributed by atoms with Crippen molar-refractivity contribution >= 4 is 5.91 Å². The van der Waals surface area contributed by atoms with Gasteiger partial charge < -0.3 is 14.4 Å². The Kier molecular flexibility index (Phi) is 3.64. The molecule has 0 unspecified atom stereocenters. The molecule has 0 aromatic heterocycles. The van der Waals surface area contributed by atoms with Gasteiger partial charge in [-0.05, 0) is 19.1 Å². The minimum Gasteiger partial charge on any atom is -0.496 e. The summed E-state index contributed by atoms with van der Waals surface area (Å²) in [6, 6.07) is 7.28. The number of likely N-dealkylation sites (tertiary alicyclic amines) is 1. The molecule has 1 amide bonds. The Morgan fingerprint density at radius 3 is 2.76 bits per heavy atom. The Hall–Kier alpha value is -1.55. The highest BCUT2D eigenvalue weighted by Crippen LogP contribution is 2.22. The molecule has 0 spiro atoms. The molecule has 0 radical (unpaired) electrons. The standard InChI is InChI=1S/C13H17NO3/c1-3-17-10-8-14(9-10)13(15)11-6-4-5-7-12(11)16-2/h4-7,10H,3,8-9H2,1-2H3. The van der Waals surface area contributed by atoms with Crippen LogP contribution in [0.25, 0.3) is 0 Å². The maximum atomic E-state index is 12.1. The van der Waals surface area contributed by atoms with Crippen molar-refractivity contribution in [3.63, 3.8) is 0 Å². The Morgan fingerprint density at radius 1 is 1.41 bits per heavy atom. The lowest BCUT2D eigenvalue weighted by molar-refractivity contribution is -0.0379. The van der Waals surface area contributed by atoms with Crippen LogP contribution in [0.2, 0.25) is 0 Å². The summed E-state index contributed by atoms with van der Waals surface area (Å²) in [5.41, 5.74) is 0.616. The third-order valence-electron chi connectivity index (χ3n) is 2.88. The van der Waals surface area contributed by atoms with Crippen molar-refractivity contribution in [1.29, 1.82) is 0 Å². The number of hydrogen-bond acceptors (Lipinski definition) is 3. The first kappa shape index (κ1) is 11.9. The van der Waals surface area contributed by atoms with E-state index in [2.05, 4.69) is 0 Å². The first-order valence-electron chi connectivity index (χ1n) is 5.80. The van der Waals surface area contributed by atoms with Gasteiger partial charge in [0.2, 0.25) is 0 Å². The SMILES string of the molecule is CCOC1CN(C(=O)c2ccccc2OC)C1. The molecule has 1 fully saturated rings. The Balaban J connectivity index is 2.01. The second kappa shape index (κ2) is 5.19. The van der Waals surface area contributed by atoms with E-state index < -0.39 is 0 Å². The molecule has 17 heavy (non-hydrogen) atoms. The Labute approximate surface area is 101 Å². The molecule has 2 rings (SSSR count). The fraction of sp³-hybridized carbons (Fsp3) is 0.462. The molecule has 1 aliphatic heterocycles. The van der Waals surface area contributed by atoms with Gasteiger partial charge in [-0.1, -0.05) is 12.1 Å². The zero-order valence-corrected chi connectivity index (χ0v) is 10.2. The zero-order valence-electron chi connectivity index (χ0n) is 10.2. The van der Waals surface area contributed by atoms with Crippen LogP contribution >= 0.6 is 0 Å². The van der Waals surface area contributed by atoms with Gasteiger partial charge in [0.25, 0.3) is 5.91 Å². The zero-order chi connectivity index (χ0) is 12.3. The molecule has 1 aromatic rings. The second-order valence-corrected chi connectivity index (χ2v) is 3.99. The van der Waals surface area contributed by atoms with Crippen molar-refractivity contribution in [2.24, 2.45) is 0 Å². The van der Waals surface area contributed by atoms with Crippen LogP contribution in [-0.2, 0) is 4.74 Å². The molecule has 0 saturated carbocycles. The first-order chi connectivity index (χ1) is 8.26. The Morgan fingerprint density at radius 2 is 2.12 bits per heavy atom. The number of nitrogens with zero attached hydrogens (tertiary/aromatic N) is 1. The van der Waals surface area contributed by atoms with Crippen LogP contribution in [0, 0.1) is 0 Å². The molecule has 0 N–H and O–H groups in total. The second-order valence-electron chi connectivity index (χ2n) is 3.99. The van der Waals surface area contributed by atoms with Crippen molar-refractivity contribution in [3.8, 4) is 5.75 Å². The van der Waals surface area contributed by atoms with E-state index in [0.717, 1.165) is 0 Å². The molecule has 1 saturated heterocycles. The number of amides is 1. The lowest BCUT2D eigenvalue weighted by Crippen LogP contribution is -2.54. The van der Waals surface area contributed by atoms with Crippen molar-refractivity contribution in [2.75, 3.05) is 26.8 Å². The predicted molar refractivity (Wildman–Crippen MR) is 64.3 cm³/mol. The monoisotopic (exact) mass is 235 g/mol. The molecule has 92 valence electrons. The summed E-state index contributed by atoms with van der Waals surface area (Å²) in [6.07, 6.45) is 0.193. The molecular formula is C13H17NO3. The number of carbonyl (C=O) groups is 1. The largest absolute Gasteiger partial charge is 0.496 e. The average molecular weight is 235 g/mol. The van der Waals surface area contributed by atoms with E-state index >= 15 is 0 Å². The summed E-state index contributed by atoms with van der Waals surface area (Å²) < 4.78 is 10.6. The smallest absolute Gasteiger partial charge is 0.257 e. The lowest BCUT2D eigenvalue weighted by Gasteiger charge is -2.38. The minimum atomic E-state index is 0.0124. The minimum absolute atomic E-state index is 0.0124. The summed E-state index contributed by atoms with van der Waals surface area (Å²) >= 11 is 0. The maximum absolute atomic E-state index is 12.1. The summed E-state index contributed by atoms with van der Waals surface area (Å²) in [6.45, 7) is 4.00. The molecule has 0 aliphatic carbocycles. The highest BCUT2D eigenvalue weighted by atomic mass is 16.5. The molecule has 1 heterocycles. The van der Waals surface area contributed by atoms with Crippen LogP contribution in [0.15, 0.2) is 24.3 Å². The number of rotatable bonds is 4. The fourth-order valence-electron chi connectivity index (χ4n) is 1.94. The van der Waals surface area contributed by atoms with Crippen molar-refractivity contribution in [3.05, 3.63) is 29.8 Å². The number of hydrogen-bond donors (Lipinski definition) is 0. The fourth-order valence-corrected chi connectivity index (χ4v) is 1.94. The number of benzene rings is 1. The van der Waals surface area contributed by atoms with Crippen LogP contribution in [-0.4, -0.2) is 43.7 Å². The lowest BCUT2D eigenvalue weighted by atomic mass is 10.1. The van der Waals surface area contributed by atoms with Crippen molar-refractivity contribution < 1.29 is 14.3 Å². The van der Waals surface area contributed by atoms with Gasteiger partial charge in [0.15, 0.2) is 0 Å². The van der Waals surface area contributed by atoms with Crippen LogP contribution in [0.5, 0.6) is 5.75 Å². The van der Waals surface area contributed by atoms with Gasteiger partial charge in [0.1, 0.15) is 5.75 Å². The summed E-state index contributed by atoms with van der Waals surface area (Å²) in [5, 5.41) is 0. The van der Waals surface area contributed by atoms with Gasteiger partial charge >= 0.3 is 0 Å². The highest BCUT2D eigenvalue weighted by molar-refractivity contribution is 5.97. The van der Waals surface area contributed by atoms with Crippen LogP contribution < -0.4 is 4.74 Å². The molecule has 0 atom stereocenters. The third kappa shape index (κ3) is 2.42. The van der Waals surface area contributed by atoms with Crippen molar-refractivity contribution in [2.45, 2.75) is 13.0 Å². The van der Waals surface area contributed by atoms with E-state index in [0.29, 0.717) is 31.0 Å². The van der Waals surface area contributed by atoms with Crippen LogP contribution in [0.3, 0.4) is 0 Å². The molecule has 1 aromatic carbocycles. The number of para-hydroxylation sites is 1. The van der Waals surface area contributed by atoms with Gasteiger partial charge in [-0.3, -0.25) is 4.79 Å². The van der Waals surface area contributed by atoms with E-state index in [1.54, 1.807) is 24.1 Å². The van der Waals surface area contributed by atoms with E-state index in [4.69, 9.17) is 9.47 Å². The van der Waals surface area contributed by atoms with Gasteiger partial charge in [-0.25, -0.2) is 0 Å². The number of ether oxygens (including phenoxy) is 2. The molecule has 4 nitrogen and oxygen atoms in total.